The quantitative estimate of drug-likeness (QED) is 0.847. The molecule has 0 bridgehead atoms. The Bertz CT molecular complexity index is 362. The maximum atomic E-state index is 11.6. The average Bonchev–Trinajstić information content (AvgIpc) is 2.29. The van der Waals surface area contributed by atoms with Crippen LogP contribution in [0.15, 0.2) is 24.3 Å². The van der Waals surface area contributed by atoms with E-state index in [1.807, 2.05) is 38.1 Å². The van der Waals surface area contributed by atoms with Crippen molar-refractivity contribution < 1.29 is 9.90 Å². The lowest BCUT2D eigenvalue weighted by Crippen LogP contribution is -2.20. The molecule has 1 amide bonds. The SMILES string of the molecule is Cc1ccc(NC(=O)CS[C@H](C)[C@H](C)O)cc1. The molecular formula is C13H19NO2S. The van der Waals surface area contributed by atoms with Gasteiger partial charge in [-0.15, -0.1) is 11.8 Å². The van der Waals surface area contributed by atoms with Gasteiger partial charge in [-0.25, -0.2) is 0 Å². The first-order valence-corrected chi connectivity index (χ1v) is 6.70. The second kappa shape index (κ2) is 6.67. The molecule has 0 saturated heterocycles. The van der Waals surface area contributed by atoms with E-state index in [2.05, 4.69) is 5.32 Å². The minimum absolute atomic E-state index is 0.0358. The topological polar surface area (TPSA) is 49.3 Å². The van der Waals surface area contributed by atoms with Crippen molar-refractivity contribution in [3.8, 4) is 0 Å². The fourth-order valence-corrected chi connectivity index (χ4v) is 1.95. The summed E-state index contributed by atoms with van der Waals surface area (Å²) in [7, 11) is 0. The van der Waals surface area contributed by atoms with Crippen molar-refractivity contribution in [2.24, 2.45) is 0 Å². The van der Waals surface area contributed by atoms with E-state index < -0.39 is 6.10 Å². The third-order valence-electron chi connectivity index (χ3n) is 2.49. The molecule has 0 aliphatic heterocycles. The largest absolute Gasteiger partial charge is 0.392 e. The summed E-state index contributed by atoms with van der Waals surface area (Å²) in [5.41, 5.74) is 1.98. The van der Waals surface area contributed by atoms with Crippen molar-refractivity contribution in [3.05, 3.63) is 29.8 Å². The van der Waals surface area contributed by atoms with Gasteiger partial charge in [0.15, 0.2) is 0 Å². The number of anilines is 1. The highest BCUT2D eigenvalue weighted by Gasteiger charge is 2.11. The van der Waals surface area contributed by atoms with Crippen LogP contribution in [-0.4, -0.2) is 28.1 Å². The molecule has 1 aromatic rings. The highest BCUT2D eigenvalue weighted by atomic mass is 32.2. The molecule has 1 rings (SSSR count). The average molecular weight is 253 g/mol. The summed E-state index contributed by atoms with van der Waals surface area (Å²) < 4.78 is 0. The first-order chi connectivity index (χ1) is 7.99. The van der Waals surface area contributed by atoms with Crippen LogP contribution in [0.25, 0.3) is 0 Å². The van der Waals surface area contributed by atoms with Crippen LogP contribution in [0, 0.1) is 6.92 Å². The maximum absolute atomic E-state index is 11.6. The monoisotopic (exact) mass is 253 g/mol. The lowest BCUT2D eigenvalue weighted by Gasteiger charge is -2.13. The zero-order valence-corrected chi connectivity index (χ0v) is 11.3. The highest BCUT2D eigenvalue weighted by Crippen LogP contribution is 2.15. The summed E-state index contributed by atoms with van der Waals surface area (Å²) >= 11 is 1.45. The Morgan fingerprint density at radius 2 is 1.94 bits per heavy atom. The van der Waals surface area contributed by atoms with Crippen LogP contribution in [0.2, 0.25) is 0 Å². The van der Waals surface area contributed by atoms with Crippen molar-refractivity contribution in [2.75, 3.05) is 11.1 Å². The molecule has 1 aromatic carbocycles. The van der Waals surface area contributed by atoms with Crippen molar-refractivity contribution >= 4 is 23.4 Å². The van der Waals surface area contributed by atoms with E-state index in [-0.39, 0.29) is 11.2 Å². The molecule has 2 atom stereocenters. The van der Waals surface area contributed by atoms with Gasteiger partial charge in [0.25, 0.3) is 0 Å². The standard InChI is InChI=1S/C13H19NO2S/c1-9-4-6-12(7-5-9)14-13(16)8-17-11(3)10(2)15/h4-7,10-11,15H,8H2,1-3H3,(H,14,16)/t10-,11+/m0/s1. The lowest BCUT2D eigenvalue weighted by atomic mass is 10.2. The molecule has 0 radical (unpaired) electrons. The van der Waals surface area contributed by atoms with Gasteiger partial charge in [0.1, 0.15) is 0 Å². The van der Waals surface area contributed by atoms with Crippen molar-refractivity contribution in [1.29, 1.82) is 0 Å². The molecule has 17 heavy (non-hydrogen) atoms. The van der Waals surface area contributed by atoms with E-state index in [1.54, 1.807) is 6.92 Å². The van der Waals surface area contributed by atoms with E-state index in [9.17, 15) is 9.90 Å². The highest BCUT2D eigenvalue weighted by molar-refractivity contribution is 8.00. The maximum Gasteiger partial charge on any atom is 0.234 e. The van der Waals surface area contributed by atoms with Crippen LogP contribution in [0.3, 0.4) is 0 Å². The number of carbonyl (C=O) groups excluding carboxylic acids is 1. The summed E-state index contributed by atoms with van der Waals surface area (Å²) in [5.74, 6) is 0.325. The normalized spacial score (nSPS) is 14.1. The zero-order valence-electron chi connectivity index (χ0n) is 10.4. The molecule has 0 unspecified atom stereocenters. The minimum Gasteiger partial charge on any atom is -0.392 e. The van der Waals surface area contributed by atoms with Crippen LogP contribution < -0.4 is 5.32 Å². The van der Waals surface area contributed by atoms with Gasteiger partial charge in [-0.3, -0.25) is 4.79 Å². The van der Waals surface area contributed by atoms with Crippen LogP contribution in [0.4, 0.5) is 5.69 Å². The summed E-state index contributed by atoms with van der Waals surface area (Å²) in [5, 5.41) is 12.2. The Labute approximate surface area is 107 Å². The van der Waals surface area contributed by atoms with E-state index in [1.165, 1.54) is 17.3 Å². The smallest absolute Gasteiger partial charge is 0.234 e. The summed E-state index contributed by atoms with van der Waals surface area (Å²) in [6.45, 7) is 5.65. The molecule has 0 saturated carbocycles. The summed E-state index contributed by atoms with van der Waals surface area (Å²) in [6, 6.07) is 7.69. The number of amides is 1. The lowest BCUT2D eigenvalue weighted by molar-refractivity contribution is -0.113. The Kier molecular flexibility index (Phi) is 5.51. The Hall–Kier alpha value is -1.00. The third-order valence-corrected chi connectivity index (χ3v) is 3.84. The van der Waals surface area contributed by atoms with Gasteiger partial charge in [0.05, 0.1) is 11.9 Å². The van der Waals surface area contributed by atoms with E-state index in [0.717, 1.165) is 5.69 Å². The van der Waals surface area contributed by atoms with Crippen molar-refractivity contribution in [3.63, 3.8) is 0 Å². The van der Waals surface area contributed by atoms with Crippen LogP contribution in [-0.2, 0) is 4.79 Å². The predicted octanol–water partition coefficient (Wildman–Crippen LogP) is 2.44. The first kappa shape index (κ1) is 14.1. The Morgan fingerprint density at radius 3 is 2.47 bits per heavy atom. The van der Waals surface area contributed by atoms with Crippen LogP contribution >= 0.6 is 11.8 Å². The molecule has 4 heteroatoms. The van der Waals surface area contributed by atoms with E-state index >= 15 is 0 Å². The number of thioether (sulfide) groups is 1. The van der Waals surface area contributed by atoms with Crippen LogP contribution in [0.5, 0.6) is 0 Å². The molecule has 0 fully saturated rings. The van der Waals surface area contributed by atoms with Gasteiger partial charge in [0, 0.05) is 10.9 Å². The zero-order chi connectivity index (χ0) is 12.8. The number of rotatable bonds is 5. The number of aliphatic hydroxyl groups is 1. The first-order valence-electron chi connectivity index (χ1n) is 5.65. The molecular weight excluding hydrogens is 234 g/mol. The second-order valence-electron chi connectivity index (χ2n) is 4.17. The molecule has 3 nitrogen and oxygen atoms in total. The number of carbonyl (C=O) groups is 1. The number of aryl methyl sites for hydroxylation is 1. The van der Waals surface area contributed by atoms with Crippen molar-refractivity contribution in [2.45, 2.75) is 32.1 Å². The Morgan fingerprint density at radius 1 is 1.35 bits per heavy atom. The molecule has 0 spiro atoms. The van der Waals surface area contributed by atoms with Gasteiger partial charge in [-0.05, 0) is 26.0 Å². The van der Waals surface area contributed by atoms with Gasteiger partial charge < -0.3 is 10.4 Å². The fraction of sp³-hybridized carbons (Fsp3) is 0.462. The van der Waals surface area contributed by atoms with E-state index in [4.69, 9.17) is 0 Å². The van der Waals surface area contributed by atoms with Gasteiger partial charge in [0.2, 0.25) is 5.91 Å². The summed E-state index contributed by atoms with van der Waals surface area (Å²) in [6.07, 6.45) is -0.396. The van der Waals surface area contributed by atoms with Gasteiger partial charge in [-0.1, -0.05) is 24.6 Å². The number of nitrogens with one attached hydrogen (secondary N) is 1. The second-order valence-corrected chi connectivity index (χ2v) is 5.54. The molecule has 94 valence electrons. The molecule has 0 aliphatic rings. The van der Waals surface area contributed by atoms with E-state index in [0.29, 0.717) is 5.75 Å². The molecule has 0 aromatic heterocycles. The predicted molar refractivity (Wildman–Crippen MR) is 73.4 cm³/mol. The van der Waals surface area contributed by atoms with Crippen LogP contribution in [0.1, 0.15) is 19.4 Å². The third kappa shape index (κ3) is 5.24. The van der Waals surface area contributed by atoms with Gasteiger partial charge in [-0.2, -0.15) is 0 Å². The number of benzene rings is 1. The fourth-order valence-electron chi connectivity index (χ4n) is 1.18. The molecule has 0 heterocycles. The molecule has 2 N–H and O–H groups in total. The number of hydrogen-bond acceptors (Lipinski definition) is 3. The van der Waals surface area contributed by atoms with Gasteiger partial charge >= 0.3 is 0 Å². The number of hydrogen-bond donors (Lipinski definition) is 2. The molecule has 0 aliphatic carbocycles. The minimum atomic E-state index is -0.396. The van der Waals surface area contributed by atoms with Crippen molar-refractivity contribution in [1.82, 2.24) is 0 Å². The Balaban J connectivity index is 2.37. The summed E-state index contributed by atoms with van der Waals surface area (Å²) in [4.78, 5) is 11.6. The number of aliphatic hydroxyl groups excluding tert-OH is 1.